The van der Waals surface area contributed by atoms with Gasteiger partial charge in [0.2, 0.25) is 0 Å². The molecule has 0 fully saturated rings. The van der Waals surface area contributed by atoms with Gasteiger partial charge in [-0.15, -0.1) is 0 Å². The lowest BCUT2D eigenvalue weighted by Gasteiger charge is -2.18. The second-order valence-electron chi connectivity index (χ2n) is 5.60. The summed E-state index contributed by atoms with van der Waals surface area (Å²) in [5, 5.41) is 14.2. The minimum absolute atomic E-state index is 0.00302. The van der Waals surface area contributed by atoms with Crippen LogP contribution in [0.25, 0.3) is 0 Å². The molecule has 0 unspecified atom stereocenters. The molecule has 0 aliphatic rings. The number of hydrogen-bond donors (Lipinski definition) is 2. The number of furan rings is 1. The van der Waals surface area contributed by atoms with Gasteiger partial charge in [0.1, 0.15) is 17.6 Å². The first-order valence-electron chi connectivity index (χ1n) is 7.98. The summed E-state index contributed by atoms with van der Waals surface area (Å²) in [5.41, 5.74) is 1.40. The highest BCUT2D eigenvalue weighted by atomic mass is 19.1. The average molecular weight is 349 g/mol. The summed E-state index contributed by atoms with van der Waals surface area (Å²) in [5.74, 6) is 0.0610. The predicted molar refractivity (Wildman–Crippen MR) is 93.5 cm³/mol. The maximum Gasteiger partial charge on any atom is 0.315 e. The van der Waals surface area contributed by atoms with Crippen molar-refractivity contribution in [3.05, 3.63) is 95.2 Å². The van der Waals surface area contributed by atoms with Gasteiger partial charge < -0.3 is 15.1 Å². The van der Waals surface area contributed by atoms with E-state index in [9.17, 15) is 9.18 Å². The Kier molecular flexibility index (Phi) is 5.30. The summed E-state index contributed by atoms with van der Waals surface area (Å²) in [6.07, 6.45) is 1.54. The molecule has 3 aromatic rings. The molecule has 0 aliphatic heterocycles. The fourth-order valence-electron chi connectivity index (χ4n) is 2.54. The van der Waals surface area contributed by atoms with Crippen molar-refractivity contribution in [2.45, 2.75) is 12.6 Å². The molecular weight excluding hydrogens is 333 g/mol. The third kappa shape index (κ3) is 4.08. The van der Waals surface area contributed by atoms with Crippen LogP contribution in [0.15, 0.2) is 71.3 Å². The van der Waals surface area contributed by atoms with Crippen LogP contribution in [-0.2, 0) is 6.54 Å². The third-order valence-corrected chi connectivity index (χ3v) is 3.86. The molecule has 0 bridgehead atoms. The predicted octanol–water partition coefficient (Wildman–Crippen LogP) is 3.88. The molecule has 0 saturated carbocycles. The Morgan fingerprint density at radius 2 is 1.96 bits per heavy atom. The standard InChI is InChI=1S/C20H16FN3O2/c21-17-11-14(12-22)8-9-16(17)13-23-20(25)24-19(18-7-4-10-26-18)15-5-2-1-3-6-15/h1-11,19H,13H2,(H2,23,24,25)/t19-/m0/s1. The Hall–Kier alpha value is -3.59. The van der Waals surface area contributed by atoms with Crippen molar-refractivity contribution in [3.63, 3.8) is 0 Å². The number of benzene rings is 2. The van der Waals surface area contributed by atoms with E-state index in [0.29, 0.717) is 11.3 Å². The van der Waals surface area contributed by atoms with Crippen molar-refractivity contribution >= 4 is 6.03 Å². The van der Waals surface area contributed by atoms with E-state index >= 15 is 0 Å². The number of nitriles is 1. The number of carbonyl (C=O) groups excluding carboxylic acids is 1. The second-order valence-corrected chi connectivity index (χ2v) is 5.60. The number of halogens is 1. The summed E-state index contributed by atoms with van der Waals surface area (Å²) < 4.78 is 19.3. The van der Waals surface area contributed by atoms with Crippen molar-refractivity contribution in [1.82, 2.24) is 10.6 Å². The summed E-state index contributed by atoms with van der Waals surface area (Å²) in [6.45, 7) is 0.00302. The molecule has 0 aliphatic carbocycles. The Bertz CT molecular complexity index is 918. The lowest BCUT2D eigenvalue weighted by molar-refractivity contribution is 0.236. The highest BCUT2D eigenvalue weighted by Crippen LogP contribution is 2.22. The number of carbonyl (C=O) groups is 1. The van der Waals surface area contributed by atoms with E-state index in [1.807, 2.05) is 36.4 Å². The fraction of sp³-hybridized carbons (Fsp3) is 0.100. The molecular formula is C20H16FN3O2. The molecule has 1 heterocycles. The number of urea groups is 1. The first-order chi connectivity index (χ1) is 12.7. The Morgan fingerprint density at radius 1 is 1.15 bits per heavy atom. The van der Waals surface area contributed by atoms with Gasteiger partial charge in [-0.05, 0) is 29.8 Å². The van der Waals surface area contributed by atoms with E-state index in [1.165, 1.54) is 18.4 Å². The first-order valence-corrected chi connectivity index (χ1v) is 7.98. The van der Waals surface area contributed by atoms with Crippen molar-refractivity contribution in [2.24, 2.45) is 0 Å². The van der Waals surface area contributed by atoms with Crippen LogP contribution in [0.4, 0.5) is 9.18 Å². The first kappa shape index (κ1) is 17.2. The molecule has 0 saturated heterocycles. The molecule has 3 rings (SSSR count). The van der Waals surface area contributed by atoms with Crippen LogP contribution in [0.3, 0.4) is 0 Å². The van der Waals surface area contributed by atoms with E-state index in [2.05, 4.69) is 10.6 Å². The lowest BCUT2D eigenvalue weighted by atomic mass is 10.0. The summed E-state index contributed by atoms with van der Waals surface area (Å²) in [4.78, 5) is 12.3. The van der Waals surface area contributed by atoms with Gasteiger partial charge in [-0.25, -0.2) is 9.18 Å². The van der Waals surface area contributed by atoms with Crippen molar-refractivity contribution in [3.8, 4) is 6.07 Å². The number of rotatable bonds is 5. The highest BCUT2D eigenvalue weighted by Gasteiger charge is 2.19. The van der Waals surface area contributed by atoms with Gasteiger partial charge in [-0.1, -0.05) is 36.4 Å². The van der Waals surface area contributed by atoms with E-state index in [-0.39, 0.29) is 12.1 Å². The number of amides is 2. The summed E-state index contributed by atoms with van der Waals surface area (Å²) >= 11 is 0. The Balaban J connectivity index is 1.68. The molecule has 0 radical (unpaired) electrons. The van der Waals surface area contributed by atoms with E-state index in [1.54, 1.807) is 12.1 Å². The minimum atomic E-state index is -0.532. The maximum atomic E-state index is 13.9. The smallest absolute Gasteiger partial charge is 0.315 e. The van der Waals surface area contributed by atoms with Gasteiger partial charge in [0, 0.05) is 12.1 Å². The summed E-state index contributed by atoms with van der Waals surface area (Å²) in [7, 11) is 0. The Morgan fingerprint density at radius 3 is 2.62 bits per heavy atom. The SMILES string of the molecule is N#Cc1ccc(CNC(=O)N[C@@H](c2ccccc2)c2ccco2)c(F)c1. The maximum absolute atomic E-state index is 13.9. The van der Waals surface area contributed by atoms with Gasteiger partial charge in [0.15, 0.2) is 0 Å². The van der Waals surface area contributed by atoms with E-state index < -0.39 is 17.9 Å². The Labute approximate surface area is 150 Å². The molecule has 1 aromatic heterocycles. The van der Waals surface area contributed by atoms with Gasteiger partial charge in [0.05, 0.1) is 17.9 Å². The van der Waals surface area contributed by atoms with Crippen LogP contribution in [0.5, 0.6) is 0 Å². The minimum Gasteiger partial charge on any atom is -0.467 e. The van der Waals surface area contributed by atoms with Crippen LogP contribution in [-0.4, -0.2) is 6.03 Å². The quantitative estimate of drug-likeness (QED) is 0.734. The molecule has 2 aromatic carbocycles. The molecule has 130 valence electrons. The highest BCUT2D eigenvalue weighted by molar-refractivity contribution is 5.75. The molecule has 2 amide bonds. The van der Waals surface area contributed by atoms with Gasteiger partial charge in [-0.3, -0.25) is 0 Å². The average Bonchev–Trinajstić information content (AvgIpc) is 3.20. The fourth-order valence-corrected chi connectivity index (χ4v) is 2.54. The van der Waals surface area contributed by atoms with Gasteiger partial charge in [0.25, 0.3) is 0 Å². The van der Waals surface area contributed by atoms with Crippen LogP contribution in [0.2, 0.25) is 0 Å². The van der Waals surface area contributed by atoms with E-state index in [4.69, 9.17) is 9.68 Å². The van der Waals surface area contributed by atoms with Crippen molar-refractivity contribution < 1.29 is 13.6 Å². The normalized spacial score (nSPS) is 11.4. The molecule has 1 atom stereocenters. The molecule has 0 spiro atoms. The van der Waals surface area contributed by atoms with Crippen LogP contribution >= 0.6 is 0 Å². The molecule has 5 nitrogen and oxygen atoms in total. The van der Waals surface area contributed by atoms with Gasteiger partial charge in [-0.2, -0.15) is 5.26 Å². The van der Waals surface area contributed by atoms with Crippen molar-refractivity contribution in [2.75, 3.05) is 0 Å². The number of nitrogens with one attached hydrogen (secondary N) is 2. The zero-order valence-corrected chi connectivity index (χ0v) is 13.8. The lowest BCUT2D eigenvalue weighted by Crippen LogP contribution is -2.38. The topological polar surface area (TPSA) is 78.1 Å². The monoisotopic (exact) mass is 349 g/mol. The van der Waals surface area contributed by atoms with E-state index in [0.717, 1.165) is 11.6 Å². The molecule has 6 heteroatoms. The summed E-state index contributed by atoms with van der Waals surface area (Å²) in [6, 6.07) is 18.0. The largest absolute Gasteiger partial charge is 0.467 e. The number of hydrogen-bond acceptors (Lipinski definition) is 3. The van der Waals surface area contributed by atoms with Crippen LogP contribution < -0.4 is 10.6 Å². The number of nitrogens with zero attached hydrogens (tertiary/aromatic N) is 1. The van der Waals surface area contributed by atoms with Crippen LogP contribution in [0, 0.1) is 17.1 Å². The van der Waals surface area contributed by atoms with Crippen LogP contribution in [0.1, 0.15) is 28.5 Å². The van der Waals surface area contributed by atoms with Gasteiger partial charge >= 0.3 is 6.03 Å². The second kappa shape index (κ2) is 7.99. The molecule has 26 heavy (non-hydrogen) atoms. The van der Waals surface area contributed by atoms with Crippen molar-refractivity contribution in [1.29, 1.82) is 5.26 Å². The zero-order valence-electron chi connectivity index (χ0n) is 13.8. The molecule has 2 N–H and O–H groups in total. The zero-order chi connectivity index (χ0) is 18.4. The third-order valence-electron chi connectivity index (χ3n) is 3.86.